The Bertz CT molecular complexity index is 568. The molecule has 6 nitrogen and oxygen atoms in total. The number of sulfonamides is 1. The second kappa shape index (κ2) is 7.57. The van der Waals surface area contributed by atoms with E-state index in [2.05, 4.69) is 33.0 Å². The fraction of sp³-hybridized carbons (Fsp3) is 0.800. The molecule has 0 unspecified atom stereocenters. The minimum atomic E-state index is -3.09. The molecule has 22 heavy (non-hydrogen) atoms. The number of piperidine rings is 1. The van der Waals surface area contributed by atoms with Gasteiger partial charge < -0.3 is 4.57 Å². The van der Waals surface area contributed by atoms with E-state index >= 15 is 0 Å². The Morgan fingerprint density at radius 1 is 1.45 bits per heavy atom. The van der Waals surface area contributed by atoms with Gasteiger partial charge >= 0.3 is 0 Å². The Balaban J connectivity index is 1.89. The van der Waals surface area contributed by atoms with E-state index in [0.717, 1.165) is 38.3 Å². The largest absolute Gasteiger partial charge is 0.331 e. The van der Waals surface area contributed by atoms with Crippen LogP contribution in [-0.4, -0.2) is 48.3 Å². The van der Waals surface area contributed by atoms with E-state index in [1.165, 1.54) is 0 Å². The van der Waals surface area contributed by atoms with E-state index in [1.54, 1.807) is 6.92 Å². The third-order valence-electron chi connectivity index (χ3n) is 4.25. The maximum atomic E-state index is 11.6. The van der Waals surface area contributed by atoms with Crippen molar-refractivity contribution in [1.29, 1.82) is 0 Å². The first-order valence-corrected chi connectivity index (χ1v) is 9.78. The van der Waals surface area contributed by atoms with Crippen LogP contribution in [0.15, 0.2) is 12.4 Å². The van der Waals surface area contributed by atoms with Gasteiger partial charge in [0.25, 0.3) is 0 Å². The van der Waals surface area contributed by atoms with Crippen LogP contribution in [0.4, 0.5) is 0 Å². The highest BCUT2D eigenvalue weighted by Crippen LogP contribution is 2.19. The lowest BCUT2D eigenvalue weighted by molar-refractivity contribution is 0.163. The summed E-state index contributed by atoms with van der Waals surface area (Å²) in [5, 5.41) is 0. The Kier molecular flexibility index (Phi) is 6.00. The number of nitrogens with zero attached hydrogens (tertiary/aromatic N) is 3. The van der Waals surface area contributed by atoms with Crippen LogP contribution in [0.25, 0.3) is 0 Å². The number of imidazole rings is 1. The molecule has 1 aliphatic rings. The fourth-order valence-corrected chi connectivity index (χ4v) is 3.64. The zero-order chi connectivity index (χ0) is 16.2. The molecule has 0 aliphatic carbocycles. The fourth-order valence-electron chi connectivity index (χ4n) is 2.94. The highest BCUT2D eigenvalue weighted by Gasteiger charge is 2.22. The molecule has 1 aromatic heterocycles. The summed E-state index contributed by atoms with van der Waals surface area (Å²) in [6.07, 6.45) is 6.07. The van der Waals surface area contributed by atoms with Gasteiger partial charge in [0.05, 0.1) is 12.3 Å². The van der Waals surface area contributed by atoms with Gasteiger partial charge in [-0.05, 0) is 46.1 Å². The predicted octanol–water partition coefficient (Wildman–Crippen LogP) is 1.62. The summed E-state index contributed by atoms with van der Waals surface area (Å²) in [5.41, 5.74) is 0. The zero-order valence-corrected chi connectivity index (χ0v) is 14.6. The molecule has 2 heterocycles. The second-order valence-electron chi connectivity index (χ2n) is 6.34. The predicted molar refractivity (Wildman–Crippen MR) is 88.1 cm³/mol. The van der Waals surface area contributed by atoms with Gasteiger partial charge in [-0.15, -0.1) is 0 Å². The highest BCUT2D eigenvalue weighted by atomic mass is 32.2. The van der Waals surface area contributed by atoms with Crippen LogP contribution in [0, 0.1) is 5.92 Å². The summed E-state index contributed by atoms with van der Waals surface area (Å²) in [4.78, 5) is 6.85. The summed E-state index contributed by atoms with van der Waals surface area (Å²) in [6, 6.07) is 0.412. The first-order valence-electron chi connectivity index (χ1n) is 8.12. The molecule has 1 fully saturated rings. The van der Waals surface area contributed by atoms with Gasteiger partial charge in [-0.25, -0.2) is 18.1 Å². The maximum absolute atomic E-state index is 11.6. The van der Waals surface area contributed by atoms with E-state index in [1.807, 2.05) is 12.4 Å². The van der Waals surface area contributed by atoms with Crippen molar-refractivity contribution in [3.63, 3.8) is 0 Å². The summed E-state index contributed by atoms with van der Waals surface area (Å²) >= 11 is 0. The van der Waals surface area contributed by atoms with Gasteiger partial charge in [-0.2, -0.15) is 0 Å². The molecular formula is C15H28N4O2S. The first kappa shape index (κ1) is 17.4. The van der Waals surface area contributed by atoms with Crippen LogP contribution in [0.3, 0.4) is 0 Å². The lowest BCUT2D eigenvalue weighted by Gasteiger charge is -2.32. The Labute approximate surface area is 134 Å². The zero-order valence-electron chi connectivity index (χ0n) is 13.8. The van der Waals surface area contributed by atoms with E-state index in [0.29, 0.717) is 18.5 Å². The molecular weight excluding hydrogens is 300 g/mol. The molecule has 2 rings (SSSR count). The maximum Gasteiger partial charge on any atom is 0.211 e. The molecule has 0 bridgehead atoms. The van der Waals surface area contributed by atoms with Crippen molar-refractivity contribution in [1.82, 2.24) is 19.2 Å². The van der Waals surface area contributed by atoms with Crippen molar-refractivity contribution in [2.45, 2.75) is 46.2 Å². The number of hydrogen-bond donors (Lipinski definition) is 1. The Morgan fingerprint density at radius 2 is 2.23 bits per heavy atom. The van der Waals surface area contributed by atoms with Gasteiger partial charge in [0.2, 0.25) is 10.0 Å². The van der Waals surface area contributed by atoms with Crippen LogP contribution < -0.4 is 4.72 Å². The number of likely N-dealkylation sites (tertiary alicyclic amines) is 1. The summed E-state index contributed by atoms with van der Waals surface area (Å²) in [7, 11) is -3.09. The van der Waals surface area contributed by atoms with E-state index in [9.17, 15) is 8.42 Å². The van der Waals surface area contributed by atoms with E-state index < -0.39 is 10.0 Å². The Morgan fingerprint density at radius 3 is 2.91 bits per heavy atom. The van der Waals surface area contributed by atoms with Crippen molar-refractivity contribution in [3.05, 3.63) is 18.2 Å². The van der Waals surface area contributed by atoms with E-state index in [4.69, 9.17) is 0 Å². The molecule has 0 amide bonds. The Hall–Kier alpha value is -0.920. The second-order valence-corrected chi connectivity index (χ2v) is 8.44. The molecule has 0 spiro atoms. The van der Waals surface area contributed by atoms with Gasteiger partial charge in [-0.3, -0.25) is 4.90 Å². The standard InChI is InChI=1S/C15H28N4O2S/c1-4-22(20,21)17-10-14-6-5-8-18(11-14)12-15-16-7-9-19(15)13(2)3/h7,9,13-14,17H,4-6,8,10-12H2,1-3H3/t14-/m1/s1. The molecule has 1 saturated heterocycles. The smallest absolute Gasteiger partial charge is 0.211 e. The van der Waals surface area contributed by atoms with Gasteiger partial charge in [-0.1, -0.05) is 0 Å². The van der Waals surface area contributed by atoms with Crippen LogP contribution >= 0.6 is 0 Å². The van der Waals surface area contributed by atoms with Crippen LogP contribution in [-0.2, 0) is 16.6 Å². The lowest BCUT2D eigenvalue weighted by atomic mass is 9.98. The number of aromatic nitrogens is 2. The van der Waals surface area contributed by atoms with Crippen molar-refractivity contribution in [3.8, 4) is 0 Å². The molecule has 0 radical (unpaired) electrons. The average molecular weight is 328 g/mol. The molecule has 0 saturated carbocycles. The summed E-state index contributed by atoms with van der Waals surface area (Å²) in [6.45, 7) is 9.35. The third-order valence-corrected chi connectivity index (χ3v) is 5.61. The van der Waals surface area contributed by atoms with Crippen molar-refractivity contribution < 1.29 is 8.42 Å². The lowest BCUT2D eigenvalue weighted by Crippen LogP contribution is -2.41. The van der Waals surface area contributed by atoms with Gasteiger partial charge in [0, 0.05) is 31.5 Å². The van der Waals surface area contributed by atoms with Crippen LogP contribution in [0.2, 0.25) is 0 Å². The SMILES string of the molecule is CCS(=O)(=O)NC[C@H]1CCCN(Cc2nccn2C(C)C)C1. The van der Waals surface area contributed by atoms with Gasteiger partial charge in [0.15, 0.2) is 0 Å². The minimum Gasteiger partial charge on any atom is -0.331 e. The van der Waals surface area contributed by atoms with Gasteiger partial charge in [0.1, 0.15) is 5.82 Å². The van der Waals surface area contributed by atoms with Crippen molar-refractivity contribution >= 4 is 10.0 Å². The molecule has 126 valence electrons. The molecule has 0 aromatic carbocycles. The molecule has 7 heteroatoms. The van der Waals surface area contributed by atoms with E-state index in [-0.39, 0.29) is 5.75 Å². The summed E-state index contributed by atoms with van der Waals surface area (Å²) in [5.74, 6) is 1.62. The monoisotopic (exact) mass is 328 g/mol. The average Bonchev–Trinajstić information content (AvgIpc) is 2.94. The molecule has 1 atom stereocenters. The topological polar surface area (TPSA) is 67.2 Å². The quantitative estimate of drug-likeness (QED) is 0.826. The number of nitrogens with one attached hydrogen (secondary N) is 1. The highest BCUT2D eigenvalue weighted by molar-refractivity contribution is 7.89. The normalized spacial score (nSPS) is 20.6. The molecule has 1 aromatic rings. The molecule has 1 aliphatic heterocycles. The first-order chi connectivity index (χ1) is 10.4. The van der Waals surface area contributed by atoms with Crippen LogP contribution in [0.5, 0.6) is 0 Å². The van der Waals surface area contributed by atoms with Crippen molar-refractivity contribution in [2.24, 2.45) is 5.92 Å². The number of rotatable bonds is 7. The van der Waals surface area contributed by atoms with Crippen LogP contribution in [0.1, 0.15) is 45.5 Å². The summed E-state index contributed by atoms with van der Waals surface area (Å²) < 4.78 is 28.0. The third kappa shape index (κ3) is 4.79. The van der Waals surface area contributed by atoms with Crippen molar-refractivity contribution in [2.75, 3.05) is 25.4 Å². The number of hydrogen-bond acceptors (Lipinski definition) is 4. The minimum absolute atomic E-state index is 0.148. The molecule has 1 N–H and O–H groups in total.